The summed E-state index contributed by atoms with van der Waals surface area (Å²) >= 11 is 0. The summed E-state index contributed by atoms with van der Waals surface area (Å²) in [5.41, 5.74) is 8.83. The van der Waals surface area contributed by atoms with E-state index < -0.39 is 11.9 Å². The zero-order valence-electron chi connectivity index (χ0n) is 22.9. The Morgan fingerprint density at radius 3 is 1.79 bits per heavy atom. The number of hydrogen-bond acceptors (Lipinski definition) is 7. The number of nitrogens with zero attached hydrogens (tertiary/aromatic N) is 1. The number of hydrogen-bond donors (Lipinski definition) is 1. The fourth-order valence-corrected chi connectivity index (χ4v) is 5.11. The predicted octanol–water partition coefficient (Wildman–Crippen LogP) is 0.719. The average molecular weight is 586 g/mol. The summed E-state index contributed by atoms with van der Waals surface area (Å²) in [6.07, 6.45) is 6.27. The molecule has 1 aliphatic rings. The number of carbonyl (C=O) groups is 2. The Morgan fingerprint density at radius 2 is 1.36 bits per heavy atom. The van der Waals surface area contributed by atoms with Crippen LogP contribution >= 0.6 is 12.4 Å². The van der Waals surface area contributed by atoms with Gasteiger partial charge >= 0.3 is 11.9 Å². The first-order valence-corrected chi connectivity index (χ1v) is 13.1. The summed E-state index contributed by atoms with van der Waals surface area (Å²) in [5, 5.41) is 0. The van der Waals surface area contributed by atoms with Gasteiger partial charge in [0.15, 0.2) is 13.2 Å². The summed E-state index contributed by atoms with van der Waals surface area (Å²) in [7, 11) is 2.71. The molecule has 0 amide bonds. The maximum Gasteiger partial charge on any atom is 0.343 e. The SMILES string of the molecule is COC(=O)COc1cccc(CCC[N+]2(CCCc3cccc(OCC(=O)OC)c3)CCCC(N)C2)c1.Cl.[Cl-]. The van der Waals surface area contributed by atoms with Crippen LogP contribution in [0.25, 0.3) is 0 Å². The fourth-order valence-electron chi connectivity index (χ4n) is 5.11. The number of halogens is 2. The molecule has 1 aliphatic heterocycles. The van der Waals surface area contributed by atoms with E-state index in [2.05, 4.69) is 21.6 Å². The summed E-state index contributed by atoms with van der Waals surface area (Å²) in [5.74, 6) is 0.589. The van der Waals surface area contributed by atoms with Crippen LogP contribution in [0.4, 0.5) is 0 Å². The van der Waals surface area contributed by atoms with Crippen molar-refractivity contribution in [3.05, 3.63) is 59.7 Å². The number of ether oxygens (including phenoxy) is 4. The molecule has 0 aliphatic carbocycles. The van der Waals surface area contributed by atoms with Crippen molar-refractivity contribution in [2.24, 2.45) is 5.73 Å². The Kier molecular flexibility index (Phi) is 15.9. The Bertz CT molecular complexity index is 953. The Balaban J connectivity index is 0.00000380. The number of piperidine rings is 1. The Hall–Kier alpha value is -2.52. The second-order valence-corrected chi connectivity index (χ2v) is 9.83. The van der Waals surface area contributed by atoms with Gasteiger partial charge in [-0.15, -0.1) is 12.4 Å². The molecule has 0 radical (unpaired) electrons. The molecule has 2 aromatic carbocycles. The predicted molar refractivity (Wildman–Crippen MR) is 149 cm³/mol. The molecule has 0 bridgehead atoms. The van der Waals surface area contributed by atoms with Crippen LogP contribution in [0.5, 0.6) is 11.5 Å². The van der Waals surface area contributed by atoms with Gasteiger partial charge in [-0.3, -0.25) is 0 Å². The van der Waals surface area contributed by atoms with Crippen LogP contribution in [0.15, 0.2) is 48.5 Å². The molecule has 8 nitrogen and oxygen atoms in total. The van der Waals surface area contributed by atoms with Gasteiger partial charge in [0.2, 0.25) is 0 Å². The van der Waals surface area contributed by atoms with E-state index in [-0.39, 0.29) is 44.1 Å². The van der Waals surface area contributed by atoms with Gasteiger partial charge in [0.1, 0.15) is 11.5 Å². The molecule has 1 atom stereocenters. The van der Waals surface area contributed by atoms with Crippen LogP contribution < -0.4 is 27.6 Å². The zero-order chi connectivity index (χ0) is 26.5. The van der Waals surface area contributed by atoms with Gasteiger partial charge in [-0.25, -0.2) is 9.59 Å². The lowest BCUT2D eigenvalue weighted by molar-refractivity contribution is -0.933. The lowest BCUT2D eigenvalue weighted by Gasteiger charge is -2.44. The topological polar surface area (TPSA) is 97.1 Å². The molecule has 39 heavy (non-hydrogen) atoms. The number of benzene rings is 2. The summed E-state index contributed by atoms with van der Waals surface area (Å²) < 4.78 is 21.4. The van der Waals surface area contributed by atoms with Crippen LogP contribution in [0, 0.1) is 0 Å². The Morgan fingerprint density at radius 1 is 0.872 bits per heavy atom. The molecule has 10 heteroatoms. The zero-order valence-corrected chi connectivity index (χ0v) is 24.5. The maximum atomic E-state index is 11.4. The molecule has 2 N–H and O–H groups in total. The number of esters is 2. The van der Waals surface area contributed by atoms with Crippen LogP contribution in [-0.4, -0.2) is 76.1 Å². The van der Waals surface area contributed by atoms with Gasteiger partial charge in [-0.1, -0.05) is 24.3 Å². The minimum Gasteiger partial charge on any atom is -1.00 e. The van der Waals surface area contributed by atoms with E-state index in [0.29, 0.717) is 11.5 Å². The van der Waals surface area contributed by atoms with Crippen LogP contribution in [0.3, 0.4) is 0 Å². The van der Waals surface area contributed by atoms with E-state index in [0.717, 1.165) is 69.2 Å². The number of methoxy groups -OCH3 is 2. The van der Waals surface area contributed by atoms with E-state index in [4.69, 9.17) is 15.2 Å². The van der Waals surface area contributed by atoms with Gasteiger partial charge in [0.05, 0.1) is 46.4 Å². The third-order valence-corrected chi connectivity index (χ3v) is 6.99. The largest absolute Gasteiger partial charge is 1.00 e. The van der Waals surface area contributed by atoms with Crippen molar-refractivity contribution >= 4 is 24.3 Å². The van der Waals surface area contributed by atoms with Crippen molar-refractivity contribution in [2.75, 3.05) is 53.6 Å². The van der Waals surface area contributed by atoms with Crippen molar-refractivity contribution in [2.45, 2.75) is 44.6 Å². The summed E-state index contributed by atoms with van der Waals surface area (Å²) in [6.45, 7) is 4.19. The standard InChI is InChI=1S/C29H41N2O6.2ClH/c1-34-28(32)21-36-26-13-3-8-23(18-26)10-5-15-31(17-7-12-25(30)20-31)16-6-11-24-9-4-14-27(19-24)37-22-29(33)35-2;;/h3-4,8-9,13-14,18-19,25H,5-7,10-12,15-17,20-22,30H2,1-2H3;2*1H/q+1;;/p-1. The minimum atomic E-state index is -0.390. The van der Waals surface area contributed by atoms with E-state index in [1.807, 2.05) is 36.4 Å². The minimum absolute atomic E-state index is 0. The summed E-state index contributed by atoms with van der Waals surface area (Å²) in [6, 6.07) is 16.1. The van der Waals surface area contributed by atoms with E-state index in [9.17, 15) is 9.59 Å². The number of quaternary nitrogens is 1. The van der Waals surface area contributed by atoms with Gasteiger partial charge in [-0.05, 0) is 61.1 Å². The second-order valence-electron chi connectivity index (χ2n) is 9.83. The maximum absolute atomic E-state index is 11.4. The molecule has 1 fully saturated rings. The van der Waals surface area contributed by atoms with Crippen molar-refractivity contribution in [1.29, 1.82) is 0 Å². The summed E-state index contributed by atoms with van der Waals surface area (Å²) in [4.78, 5) is 22.7. The Labute approximate surface area is 244 Å². The van der Waals surface area contributed by atoms with Crippen molar-refractivity contribution in [3.63, 3.8) is 0 Å². The molecule has 0 aromatic heterocycles. The monoisotopic (exact) mass is 584 g/mol. The normalized spacial score (nSPS) is 15.7. The highest BCUT2D eigenvalue weighted by molar-refractivity contribution is 5.85. The van der Waals surface area contributed by atoms with Crippen molar-refractivity contribution in [3.8, 4) is 11.5 Å². The highest BCUT2D eigenvalue weighted by atomic mass is 35.5. The van der Waals surface area contributed by atoms with Crippen LogP contribution in [-0.2, 0) is 31.9 Å². The fraction of sp³-hybridized carbons (Fsp3) is 0.517. The molecule has 0 saturated carbocycles. The number of likely N-dealkylation sites (tertiary alicyclic amines) is 1. The molecule has 2 aromatic rings. The number of aryl methyl sites for hydroxylation is 2. The highest BCUT2D eigenvalue weighted by Crippen LogP contribution is 2.23. The lowest BCUT2D eigenvalue weighted by atomic mass is 10.00. The molecule has 1 saturated heterocycles. The smallest absolute Gasteiger partial charge is 0.343 e. The third kappa shape index (κ3) is 12.0. The molecule has 0 spiro atoms. The van der Waals surface area contributed by atoms with Crippen LogP contribution in [0.1, 0.15) is 36.8 Å². The highest BCUT2D eigenvalue weighted by Gasteiger charge is 2.32. The van der Waals surface area contributed by atoms with E-state index in [1.54, 1.807) is 0 Å². The molecule has 218 valence electrons. The second kappa shape index (κ2) is 17.9. The third-order valence-electron chi connectivity index (χ3n) is 6.99. The van der Waals surface area contributed by atoms with Crippen LogP contribution in [0.2, 0.25) is 0 Å². The first kappa shape index (κ1) is 34.5. The molecule has 3 rings (SSSR count). The van der Waals surface area contributed by atoms with Gasteiger partial charge in [-0.2, -0.15) is 0 Å². The average Bonchev–Trinajstić information content (AvgIpc) is 2.91. The molecule has 1 unspecified atom stereocenters. The van der Waals surface area contributed by atoms with E-state index in [1.165, 1.54) is 25.3 Å². The number of carbonyl (C=O) groups excluding carboxylic acids is 2. The molecule has 1 heterocycles. The van der Waals surface area contributed by atoms with Gasteiger partial charge < -0.3 is 41.6 Å². The number of nitrogens with two attached hydrogens (primary N) is 1. The van der Waals surface area contributed by atoms with E-state index >= 15 is 0 Å². The lowest BCUT2D eigenvalue weighted by Crippen LogP contribution is -3.00. The van der Waals surface area contributed by atoms with Crippen molar-refractivity contribution < 1.29 is 45.4 Å². The molecular formula is C29H42Cl2N2O6. The van der Waals surface area contributed by atoms with Gasteiger partial charge in [0, 0.05) is 12.8 Å². The molecular weight excluding hydrogens is 543 g/mol. The quantitative estimate of drug-likeness (QED) is 0.258. The first-order valence-electron chi connectivity index (χ1n) is 13.1. The first-order chi connectivity index (χ1) is 17.9. The van der Waals surface area contributed by atoms with Crippen molar-refractivity contribution in [1.82, 2.24) is 0 Å². The van der Waals surface area contributed by atoms with Gasteiger partial charge in [0.25, 0.3) is 0 Å². The number of rotatable bonds is 14.